The van der Waals surface area contributed by atoms with Crippen molar-refractivity contribution < 1.29 is 19.4 Å². The van der Waals surface area contributed by atoms with Crippen LogP contribution in [0, 0.1) is 5.92 Å². The Kier molecular flexibility index (Phi) is 7.32. The molecule has 0 radical (unpaired) electrons. The van der Waals surface area contributed by atoms with Crippen LogP contribution in [0.2, 0.25) is 10.0 Å². The van der Waals surface area contributed by atoms with Gasteiger partial charge in [0.05, 0.1) is 5.02 Å². The molecule has 0 bridgehead atoms. The molecule has 2 N–H and O–H groups in total. The average molecular weight is 334 g/mol. The monoisotopic (exact) mass is 333 g/mol. The molecule has 1 atom stereocenters. The van der Waals surface area contributed by atoms with Crippen LogP contribution in [0.1, 0.15) is 19.8 Å². The van der Waals surface area contributed by atoms with Crippen molar-refractivity contribution in [3.05, 3.63) is 28.2 Å². The minimum absolute atomic E-state index is 0.0284. The van der Waals surface area contributed by atoms with Crippen LogP contribution in [0.15, 0.2) is 18.2 Å². The molecule has 0 spiro atoms. The summed E-state index contributed by atoms with van der Waals surface area (Å²) < 4.78 is 5.28. The largest absolute Gasteiger partial charge is 0.482 e. The summed E-state index contributed by atoms with van der Waals surface area (Å²) in [6.07, 6.45) is 0.705. The molecule has 0 aliphatic rings. The zero-order chi connectivity index (χ0) is 15.8. The van der Waals surface area contributed by atoms with Crippen molar-refractivity contribution in [1.82, 2.24) is 5.32 Å². The molecule has 0 aromatic heterocycles. The average Bonchev–Trinajstić information content (AvgIpc) is 2.42. The molecule has 1 unspecified atom stereocenters. The van der Waals surface area contributed by atoms with E-state index in [2.05, 4.69) is 5.32 Å². The molecule has 0 aliphatic heterocycles. The number of benzene rings is 1. The van der Waals surface area contributed by atoms with Crippen LogP contribution in [0.5, 0.6) is 5.75 Å². The molecule has 1 aromatic carbocycles. The summed E-state index contributed by atoms with van der Waals surface area (Å²) in [7, 11) is 0. The van der Waals surface area contributed by atoms with Crippen molar-refractivity contribution in [2.24, 2.45) is 5.92 Å². The first-order valence-electron chi connectivity index (χ1n) is 6.48. The number of carbonyl (C=O) groups excluding carboxylic acids is 1. The van der Waals surface area contributed by atoms with Gasteiger partial charge >= 0.3 is 5.97 Å². The lowest BCUT2D eigenvalue weighted by Crippen LogP contribution is -2.33. The fourth-order valence-corrected chi connectivity index (χ4v) is 2.12. The normalized spacial score (nSPS) is 11.8. The lowest BCUT2D eigenvalue weighted by atomic mass is 10.0. The highest BCUT2D eigenvalue weighted by molar-refractivity contribution is 6.35. The predicted molar refractivity (Wildman–Crippen MR) is 81.0 cm³/mol. The summed E-state index contributed by atoms with van der Waals surface area (Å²) >= 11 is 11.7. The summed E-state index contributed by atoms with van der Waals surface area (Å²) in [6.45, 7) is 1.99. The molecule has 0 fully saturated rings. The van der Waals surface area contributed by atoms with Gasteiger partial charge < -0.3 is 15.2 Å². The first-order chi connectivity index (χ1) is 9.92. The van der Waals surface area contributed by atoms with Gasteiger partial charge in [-0.05, 0) is 24.1 Å². The van der Waals surface area contributed by atoms with Crippen molar-refractivity contribution in [2.75, 3.05) is 13.2 Å². The Morgan fingerprint density at radius 3 is 2.67 bits per heavy atom. The van der Waals surface area contributed by atoms with E-state index in [1.54, 1.807) is 12.1 Å². The van der Waals surface area contributed by atoms with E-state index in [-0.39, 0.29) is 24.9 Å². The van der Waals surface area contributed by atoms with E-state index in [0.29, 0.717) is 28.8 Å². The first kappa shape index (κ1) is 17.6. The van der Waals surface area contributed by atoms with Crippen LogP contribution >= 0.6 is 23.2 Å². The van der Waals surface area contributed by atoms with E-state index in [4.69, 9.17) is 33.0 Å². The Hall–Kier alpha value is -1.46. The fourth-order valence-electron chi connectivity index (χ4n) is 1.65. The minimum Gasteiger partial charge on any atom is -0.482 e. The number of carbonyl (C=O) groups is 2. The second-order valence-corrected chi connectivity index (χ2v) is 5.38. The molecule has 7 heteroatoms. The van der Waals surface area contributed by atoms with Crippen molar-refractivity contribution in [3.8, 4) is 5.75 Å². The molecule has 1 amide bonds. The van der Waals surface area contributed by atoms with Gasteiger partial charge in [-0.15, -0.1) is 0 Å². The maximum absolute atomic E-state index is 11.6. The van der Waals surface area contributed by atoms with E-state index in [0.717, 1.165) is 0 Å². The third-order valence-electron chi connectivity index (χ3n) is 2.88. The molecule has 0 aliphatic carbocycles. The highest BCUT2D eigenvalue weighted by Gasteiger charge is 2.13. The van der Waals surface area contributed by atoms with Gasteiger partial charge in [0.25, 0.3) is 5.91 Å². The van der Waals surface area contributed by atoms with Crippen molar-refractivity contribution in [2.45, 2.75) is 19.8 Å². The molecule has 1 rings (SSSR count). The summed E-state index contributed by atoms with van der Waals surface area (Å²) in [4.78, 5) is 22.3. The standard InChI is InChI=1S/C14H17Cl2NO4/c1-2-9(5-14(19)20)7-17-13(18)8-21-12-4-3-10(15)6-11(12)16/h3-4,6,9H,2,5,7-8H2,1H3,(H,17,18)(H,19,20). The number of nitrogens with one attached hydrogen (secondary N) is 1. The third kappa shape index (κ3) is 6.69. The molecule has 1 aromatic rings. The van der Waals surface area contributed by atoms with Crippen LogP contribution in [-0.4, -0.2) is 30.1 Å². The topological polar surface area (TPSA) is 75.6 Å². The zero-order valence-corrected chi connectivity index (χ0v) is 13.1. The SMILES string of the molecule is CCC(CNC(=O)COc1ccc(Cl)cc1Cl)CC(=O)O. The highest BCUT2D eigenvalue weighted by Crippen LogP contribution is 2.27. The summed E-state index contributed by atoms with van der Waals surface area (Å²) in [6, 6.07) is 4.72. The van der Waals surface area contributed by atoms with Gasteiger partial charge in [0.15, 0.2) is 6.61 Å². The summed E-state index contributed by atoms with van der Waals surface area (Å²) in [5.41, 5.74) is 0. The first-order valence-corrected chi connectivity index (χ1v) is 7.24. The number of rotatable bonds is 8. The smallest absolute Gasteiger partial charge is 0.303 e. The Labute approximate surface area is 133 Å². The quantitative estimate of drug-likeness (QED) is 0.766. The molecule has 0 saturated heterocycles. The highest BCUT2D eigenvalue weighted by atomic mass is 35.5. The predicted octanol–water partition coefficient (Wildman–Crippen LogP) is 2.99. The van der Waals surface area contributed by atoms with Crippen molar-refractivity contribution >= 4 is 35.1 Å². The van der Waals surface area contributed by atoms with Crippen LogP contribution in [0.4, 0.5) is 0 Å². The van der Waals surface area contributed by atoms with Crippen LogP contribution in [0.25, 0.3) is 0 Å². The van der Waals surface area contributed by atoms with Crippen LogP contribution in [0.3, 0.4) is 0 Å². The molecule has 21 heavy (non-hydrogen) atoms. The second-order valence-electron chi connectivity index (χ2n) is 4.54. The summed E-state index contributed by atoms with van der Waals surface area (Å²) in [5.74, 6) is -0.926. The third-order valence-corrected chi connectivity index (χ3v) is 3.41. The molecule has 5 nitrogen and oxygen atoms in total. The minimum atomic E-state index is -0.875. The maximum Gasteiger partial charge on any atom is 0.303 e. The number of halogens is 2. The van der Waals surface area contributed by atoms with Gasteiger partial charge in [-0.1, -0.05) is 36.5 Å². The van der Waals surface area contributed by atoms with Crippen molar-refractivity contribution in [1.29, 1.82) is 0 Å². The second kappa shape index (κ2) is 8.74. The van der Waals surface area contributed by atoms with E-state index in [9.17, 15) is 9.59 Å². The number of hydrogen-bond donors (Lipinski definition) is 2. The van der Waals surface area contributed by atoms with Gasteiger partial charge in [0.2, 0.25) is 0 Å². The van der Waals surface area contributed by atoms with E-state index >= 15 is 0 Å². The van der Waals surface area contributed by atoms with E-state index in [1.807, 2.05) is 6.92 Å². The number of aliphatic carboxylic acids is 1. The molecular weight excluding hydrogens is 317 g/mol. The van der Waals surface area contributed by atoms with Crippen LogP contribution in [-0.2, 0) is 9.59 Å². The Balaban J connectivity index is 2.38. The molecular formula is C14H17Cl2NO4. The number of ether oxygens (including phenoxy) is 1. The molecule has 0 heterocycles. The van der Waals surface area contributed by atoms with Gasteiger partial charge in [-0.3, -0.25) is 9.59 Å². The number of carboxylic acids is 1. The number of amides is 1. The Morgan fingerprint density at radius 2 is 2.10 bits per heavy atom. The maximum atomic E-state index is 11.6. The van der Waals surface area contributed by atoms with E-state index < -0.39 is 5.97 Å². The van der Waals surface area contributed by atoms with E-state index in [1.165, 1.54) is 6.07 Å². The summed E-state index contributed by atoms with van der Waals surface area (Å²) in [5, 5.41) is 12.2. The zero-order valence-electron chi connectivity index (χ0n) is 11.6. The van der Waals surface area contributed by atoms with Crippen molar-refractivity contribution in [3.63, 3.8) is 0 Å². The molecule has 0 saturated carbocycles. The molecule has 116 valence electrons. The van der Waals surface area contributed by atoms with Gasteiger partial charge in [-0.2, -0.15) is 0 Å². The lowest BCUT2D eigenvalue weighted by molar-refractivity contribution is -0.138. The Morgan fingerprint density at radius 1 is 1.38 bits per heavy atom. The fraction of sp³-hybridized carbons (Fsp3) is 0.429. The van der Waals surface area contributed by atoms with Gasteiger partial charge in [-0.25, -0.2) is 0 Å². The Bertz CT molecular complexity index is 508. The number of hydrogen-bond acceptors (Lipinski definition) is 3. The number of carboxylic acid groups (broad SMARTS) is 1. The van der Waals surface area contributed by atoms with Gasteiger partial charge in [0, 0.05) is 18.0 Å². The lowest BCUT2D eigenvalue weighted by Gasteiger charge is -2.14. The van der Waals surface area contributed by atoms with Crippen LogP contribution < -0.4 is 10.1 Å². The van der Waals surface area contributed by atoms with Gasteiger partial charge in [0.1, 0.15) is 5.75 Å².